The van der Waals surface area contributed by atoms with Crippen LogP contribution >= 0.6 is 11.6 Å². The van der Waals surface area contributed by atoms with Crippen molar-refractivity contribution in [1.82, 2.24) is 4.72 Å². The van der Waals surface area contributed by atoms with Gasteiger partial charge < -0.3 is 4.90 Å². The average molecular weight is 419 g/mol. The Kier molecular flexibility index (Phi) is 6.54. The molecular formula is C21H23ClN2O3S. The van der Waals surface area contributed by atoms with E-state index in [9.17, 15) is 13.2 Å². The van der Waals surface area contributed by atoms with Crippen LogP contribution in [0, 0.1) is 0 Å². The van der Waals surface area contributed by atoms with Gasteiger partial charge >= 0.3 is 0 Å². The molecule has 0 spiro atoms. The number of sulfonamides is 1. The number of nitrogens with zero attached hydrogens (tertiary/aromatic N) is 1. The summed E-state index contributed by atoms with van der Waals surface area (Å²) in [6.07, 6.45) is 3.58. The van der Waals surface area contributed by atoms with Crippen LogP contribution in [0.2, 0.25) is 5.02 Å². The molecule has 0 atom stereocenters. The molecule has 0 saturated carbocycles. The fourth-order valence-electron chi connectivity index (χ4n) is 3.20. The topological polar surface area (TPSA) is 66.5 Å². The van der Waals surface area contributed by atoms with Crippen LogP contribution in [0.25, 0.3) is 6.08 Å². The first-order chi connectivity index (χ1) is 13.4. The number of hydrogen-bond donors (Lipinski definition) is 1. The van der Waals surface area contributed by atoms with Crippen molar-refractivity contribution in [3.8, 4) is 0 Å². The van der Waals surface area contributed by atoms with Crippen molar-refractivity contribution >= 4 is 39.3 Å². The Morgan fingerprint density at radius 3 is 2.75 bits per heavy atom. The maximum absolute atomic E-state index is 12.2. The number of anilines is 1. The van der Waals surface area contributed by atoms with E-state index in [1.165, 1.54) is 6.08 Å². The zero-order chi connectivity index (χ0) is 20.1. The Balaban J connectivity index is 1.68. The summed E-state index contributed by atoms with van der Waals surface area (Å²) >= 11 is 5.91. The van der Waals surface area contributed by atoms with Gasteiger partial charge in [0.25, 0.3) is 0 Å². The van der Waals surface area contributed by atoms with Crippen molar-refractivity contribution in [2.24, 2.45) is 0 Å². The lowest BCUT2D eigenvalue weighted by atomic mass is 9.98. The van der Waals surface area contributed by atoms with Crippen molar-refractivity contribution in [2.45, 2.75) is 32.7 Å². The molecule has 148 valence electrons. The number of hydrogen-bond acceptors (Lipinski definition) is 3. The fraction of sp³-hybridized carbons (Fsp3) is 0.286. The number of nitrogens with one attached hydrogen (secondary N) is 1. The van der Waals surface area contributed by atoms with Gasteiger partial charge in [0.15, 0.2) is 0 Å². The molecule has 0 bridgehead atoms. The normalized spacial score (nSPS) is 14.5. The number of carbonyl (C=O) groups excluding carboxylic acids is 1. The van der Waals surface area contributed by atoms with Gasteiger partial charge in [-0.15, -0.1) is 0 Å². The highest BCUT2D eigenvalue weighted by Crippen LogP contribution is 2.29. The van der Waals surface area contributed by atoms with Gasteiger partial charge in [-0.1, -0.05) is 42.8 Å². The Morgan fingerprint density at radius 2 is 2.00 bits per heavy atom. The van der Waals surface area contributed by atoms with E-state index in [0.29, 0.717) is 30.0 Å². The van der Waals surface area contributed by atoms with Crippen molar-refractivity contribution in [3.05, 3.63) is 69.6 Å². The quantitative estimate of drug-likeness (QED) is 0.735. The summed E-state index contributed by atoms with van der Waals surface area (Å²) < 4.78 is 27.1. The van der Waals surface area contributed by atoms with Gasteiger partial charge in [-0.2, -0.15) is 0 Å². The van der Waals surface area contributed by atoms with Crippen LogP contribution in [-0.2, 0) is 27.8 Å². The SMILES string of the molecule is CCCN1C(=O)CCc2cc(CNS(=O)(=O)C=Cc3cccc(Cl)c3)ccc21. The monoisotopic (exact) mass is 418 g/mol. The molecule has 0 aromatic heterocycles. The van der Waals surface area contributed by atoms with Crippen molar-refractivity contribution < 1.29 is 13.2 Å². The summed E-state index contributed by atoms with van der Waals surface area (Å²) in [6.45, 7) is 2.94. The number of aryl methyl sites for hydroxylation is 1. The van der Waals surface area contributed by atoms with Crippen molar-refractivity contribution in [2.75, 3.05) is 11.4 Å². The largest absolute Gasteiger partial charge is 0.312 e. The third-order valence-corrected chi connectivity index (χ3v) is 5.83. The highest BCUT2D eigenvalue weighted by atomic mass is 35.5. The van der Waals surface area contributed by atoms with E-state index in [4.69, 9.17) is 11.6 Å². The Morgan fingerprint density at radius 1 is 1.18 bits per heavy atom. The molecule has 7 heteroatoms. The van der Waals surface area contributed by atoms with Gasteiger partial charge in [-0.05, 0) is 53.8 Å². The number of benzene rings is 2. The zero-order valence-corrected chi connectivity index (χ0v) is 17.3. The molecule has 0 unspecified atom stereocenters. The van der Waals surface area contributed by atoms with Crippen LogP contribution in [-0.4, -0.2) is 20.9 Å². The first-order valence-corrected chi connectivity index (χ1v) is 11.2. The molecule has 5 nitrogen and oxygen atoms in total. The standard InChI is InChI=1S/C21H23ClN2O3S/c1-2-11-24-20-8-6-17(13-18(20)7-9-21(24)25)15-23-28(26,27)12-10-16-4-3-5-19(22)14-16/h3-6,8,10,12-14,23H,2,7,9,11,15H2,1H3. The van der Waals surface area contributed by atoms with E-state index in [1.807, 2.05) is 30.0 Å². The molecule has 0 fully saturated rings. The number of rotatable bonds is 7. The van der Waals surface area contributed by atoms with Gasteiger partial charge in [-0.25, -0.2) is 13.1 Å². The van der Waals surface area contributed by atoms with Crippen LogP contribution in [0.5, 0.6) is 0 Å². The lowest BCUT2D eigenvalue weighted by Crippen LogP contribution is -2.35. The highest BCUT2D eigenvalue weighted by molar-refractivity contribution is 7.92. The van der Waals surface area contributed by atoms with Gasteiger partial charge in [0.2, 0.25) is 15.9 Å². The van der Waals surface area contributed by atoms with Gasteiger partial charge in [0, 0.05) is 35.6 Å². The van der Waals surface area contributed by atoms with Gasteiger partial charge in [-0.3, -0.25) is 4.79 Å². The van der Waals surface area contributed by atoms with E-state index in [1.54, 1.807) is 24.3 Å². The van der Waals surface area contributed by atoms with Crippen molar-refractivity contribution in [3.63, 3.8) is 0 Å². The number of fused-ring (bicyclic) bond motifs is 1. The molecule has 1 aliphatic rings. The zero-order valence-electron chi connectivity index (χ0n) is 15.7. The maximum Gasteiger partial charge on any atom is 0.234 e. The summed E-state index contributed by atoms with van der Waals surface area (Å²) in [5.74, 6) is 0.147. The third-order valence-electron chi connectivity index (χ3n) is 4.56. The molecule has 1 aliphatic heterocycles. The van der Waals surface area contributed by atoms with Crippen LogP contribution in [0.3, 0.4) is 0 Å². The predicted molar refractivity (Wildman–Crippen MR) is 114 cm³/mol. The second-order valence-corrected chi connectivity index (χ2v) is 8.82. The Bertz CT molecular complexity index is 1000. The van der Waals surface area contributed by atoms with Crippen LogP contribution < -0.4 is 9.62 Å². The molecule has 1 heterocycles. The molecule has 0 radical (unpaired) electrons. The van der Waals surface area contributed by atoms with Crippen LogP contribution in [0.15, 0.2) is 47.9 Å². The minimum Gasteiger partial charge on any atom is -0.312 e. The summed E-state index contributed by atoms with van der Waals surface area (Å²) in [4.78, 5) is 13.9. The van der Waals surface area contributed by atoms with Gasteiger partial charge in [0.1, 0.15) is 0 Å². The lowest BCUT2D eigenvalue weighted by Gasteiger charge is -2.29. The van der Waals surface area contributed by atoms with E-state index in [0.717, 1.165) is 28.6 Å². The summed E-state index contributed by atoms with van der Waals surface area (Å²) in [5, 5.41) is 1.69. The second-order valence-electron chi connectivity index (χ2n) is 6.73. The lowest BCUT2D eigenvalue weighted by molar-refractivity contribution is -0.118. The molecule has 0 saturated heterocycles. The average Bonchev–Trinajstić information content (AvgIpc) is 2.67. The van der Waals surface area contributed by atoms with Crippen LogP contribution in [0.1, 0.15) is 36.5 Å². The molecular weight excluding hydrogens is 396 g/mol. The second kappa shape index (κ2) is 8.90. The first kappa shape index (κ1) is 20.6. The molecule has 1 N–H and O–H groups in total. The Hall–Kier alpha value is -2.15. The molecule has 0 aliphatic carbocycles. The van der Waals surface area contributed by atoms with Crippen molar-refractivity contribution in [1.29, 1.82) is 0 Å². The van der Waals surface area contributed by atoms with E-state index in [-0.39, 0.29) is 12.5 Å². The third kappa shape index (κ3) is 5.22. The highest BCUT2D eigenvalue weighted by Gasteiger charge is 2.23. The number of halogens is 1. The molecule has 28 heavy (non-hydrogen) atoms. The summed E-state index contributed by atoms with van der Waals surface area (Å²) in [5.41, 5.74) is 3.60. The smallest absolute Gasteiger partial charge is 0.234 e. The molecule has 1 amide bonds. The fourth-order valence-corrected chi connectivity index (χ4v) is 4.20. The van der Waals surface area contributed by atoms with E-state index >= 15 is 0 Å². The molecule has 3 rings (SSSR count). The minimum atomic E-state index is -3.58. The molecule has 2 aromatic carbocycles. The number of amides is 1. The van der Waals surface area contributed by atoms with Crippen LogP contribution in [0.4, 0.5) is 5.69 Å². The van der Waals surface area contributed by atoms with Gasteiger partial charge in [0.05, 0.1) is 0 Å². The Labute approximate surface area is 171 Å². The minimum absolute atomic E-state index is 0.147. The summed E-state index contributed by atoms with van der Waals surface area (Å²) in [7, 11) is -3.58. The maximum atomic E-state index is 12.2. The van der Waals surface area contributed by atoms with E-state index < -0.39 is 10.0 Å². The molecule has 2 aromatic rings. The first-order valence-electron chi connectivity index (χ1n) is 9.23. The predicted octanol–water partition coefficient (Wildman–Crippen LogP) is 4.12. The number of carbonyl (C=O) groups is 1. The van der Waals surface area contributed by atoms with E-state index in [2.05, 4.69) is 4.72 Å². The summed E-state index contributed by atoms with van der Waals surface area (Å²) in [6, 6.07) is 12.7.